The van der Waals surface area contributed by atoms with Crippen molar-refractivity contribution in [3.8, 4) is 5.75 Å². The van der Waals surface area contributed by atoms with Crippen molar-refractivity contribution in [2.45, 2.75) is 33.0 Å². The number of allylic oxidation sites excluding steroid dienone is 1. The number of halogens is 3. The summed E-state index contributed by atoms with van der Waals surface area (Å²) in [7, 11) is 0. The fourth-order valence-corrected chi connectivity index (χ4v) is 2.65. The topological polar surface area (TPSA) is 71.1 Å². The van der Waals surface area contributed by atoms with Crippen LogP contribution in [0.4, 0.5) is 13.2 Å². The van der Waals surface area contributed by atoms with E-state index in [0.29, 0.717) is 22.7 Å². The van der Waals surface area contributed by atoms with E-state index in [-0.39, 0.29) is 17.9 Å². The minimum Gasteiger partial charge on any atom is -0.405 e. The SMILES string of the molecule is Cc1noc(C)c1C1=NN(Cc2ccccc2OC(F)(F)F)C(O)C=C1. The third-order valence-electron chi connectivity index (χ3n) is 3.79. The van der Waals surface area contributed by atoms with Crippen molar-refractivity contribution >= 4 is 5.71 Å². The normalized spacial score (nSPS) is 17.4. The van der Waals surface area contributed by atoms with Gasteiger partial charge in [0.2, 0.25) is 0 Å². The molecular formula is C17H16F3N3O3. The first kappa shape index (κ1) is 18.0. The maximum atomic E-state index is 12.6. The Hall–Kier alpha value is -2.81. The van der Waals surface area contributed by atoms with E-state index in [9.17, 15) is 18.3 Å². The molecular weight excluding hydrogens is 351 g/mol. The number of ether oxygens (including phenoxy) is 1. The van der Waals surface area contributed by atoms with Crippen LogP contribution < -0.4 is 4.74 Å². The molecule has 0 fully saturated rings. The number of hydrogen-bond acceptors (Lipinski definition) is 6. The van der Waals surface area contributed by atoms with Crippen LogP contribution in [0.15, 0.2) is 46.0 Å². The number of aromatic nitrogens is 1. The Morgan fingerprint density at radius 1 is 1.27 bits per heavy atom. The first-order valence-electron chi connectivity index (χ1n) is 7.73. The second-order valence-electron chi connectivity index (χ2n) is 5.71. The molecule has 9 heteroatoms. The number of benzene rings is 1. The van der Waals surface area contributed by atoms with Crippen molar-refractivity contribution in [1.82, 2.24) is 10.2 Å². The number of rotatable bonds is 4. The Bertz CT molecular complexity index is 839. The molecule has 1 aliphatic rings. The highest BCUT2D eigenvalue weighted by atomic mass is 19.4. The zero-order valence-electron chi connectivity index (χ0n) is 14.0. The van der Waals surface area contributed by atoms with Gasteiger partial charge in [-0.2, -0.15) is 5.10 Å². The van der Waals surface area contributed by atoms with Gasteiger partial charge in [-0.1, -0.05) is 23.4 Å². The van der Waals surface area contributed by atoms with E-state index in [1.807, 2.05) is 0 Å². The highest BCUT2D eigenvalue weighted by Crippen LogP contribution is 2.28. The fraction of sp³-hybridized carbons (Fsp3) is 0.294. The average Bonchev–Trinajstić information content (AvgIpc) is 2.89. The lowest BCUT2D eigenvalue weighted by atomic mass is 10.1. The Labute approximate surface area is 147 Å². The molecule has 1 aliphatic heterocycles. The number of hydrazone groups is 1. The second-order valence-corrected chi connectivity index (χ2v) is 5.71. The van der Waals surface area contributed by atoms with E-state index in [1.165, 1.54) is 29.3 Å². The summed E-state index contributed by atoms with van der Waals surface area (Å²) in [5.41, 5.74) is 2.04. The van der Waals surface area contributed by atoms with Gasteiger partial charge in [-0.15, -0.1) is 13.2 Å². The summed E-state index contributed by atoms with van der Waals surface area (Å²) in [6, 6.07) is 5.73. The number of aryl methyl sites for hydroxylation is 2. The molecule has 0 saturated heterocycles. The van der Waals surface area contributed by atoms with Crippen LogP contribution in [0, 0.1) is 13.8 Å². The molecule has 26 heavy (non-hydrogen) atoms. The number of para-hydroxylation sites is 1. The molecule has 1 aromatic carbocycles. The minimum atomic E-state index is -4.80. The monoisotopic (exact) mass is 367 g/mol. The standard InChI is InChI=1S/C17H16F3N3O3/c1-10-16(11(2)26-22-10)13-7-8-15(24)23(21-13)9-12-5-3-4-6-14(12)25-17(18,19)20/h3-8,15,24H,9H2,1-2H3. The molecule has 3 rings (SSSR count). The lowest BCUT2D eigenvalue weighted by molar-refractivity contribution is -0.275. The second kappa shape index (κ2) is 6.83. The van der Waals surface area contributed by atoms with Crippen molar-refractivity contribution in [2.24, 2.45) is 5.10 Å². The first-order chi connectivity index (χ1) is 12.2. The molecule has 1 N–H and O–H groups in total. The summed E-state index contributed by atoms with van der Waals surface area (Å²) in [5.74, 6) is 0.221. The lowest BCUT2D eigenvalue weighted by Crippen LogP contribution is -2.33. The molecule has 0 aliphatic carbocycles. The summed E-state index contributed by atoms with van der Waals surface area (Å²) >= 11 is 0. The summed E-state index contributed by atoms with van der Waals surface area (Å²) in [4.78, 5) is 0. The molecule has 1 aromatic heterocycles. The van der Waals surface area contributed by atoms with Crippen LogP contribution in [0.3, 0.4) is 0 Å². The van der Waals surface area contributed by atoms with Crippen molar-refractivity contribution in [3.05, 3.63) is 59.0 Å². The molecule has 1 atom stereocenters. The van der Waals surface area contributed by atoms with Gasteiger partial charge < -0.3 is 14.4 Å². The van der Waals surface area contributed by atoms with Gasteiger partial charge in [-0.05, 0) is 32.1 Å². The zero-order valence-corrected chi connectivity index (χ0v) is 14.0. The summed E-state index contributed by atoms with van der Waals surface area (Å²) < 4.78 is 46.9. The van der Waals surface area contributed by atoms with E-state index in [1.54, 1.807) is 26.0 Å². The van der Waals surface area contributed by atoms with Gasteiger partial charge in [0.15, 0.2) is 6.23 Å². The fourth-order valence-electron chi connectivity index (χ4n) is 2.65. The number of aliphatic hydroxyl groups is 1. The number of nitrogens with zero attached hydrogens (tertiary/aromatic N) is 3. The van der Waals surface area contributed by atoms with Crippen molar-refractivity contribution < 1.29 is 27.5 Å². The number of aliphatic hydroxyl groups excluding tert-OH is 1. The van der Waals surface area contributed by atoms with Gasteiger partial charge in [-0.25, -0.2) is 0 Å². The molecule has 1 unspecified atom stereocenters. The molecule has 2 aromatic rings. The van der Waals surface area contributed by atoms with Gasteiger partial charge in [0.05, 0.1) is 23.5 Å². The van der Waals surface area contributed by atoms with Crippen LogP contribution in [-0.2, 0) is 6.54 Å². The summed E-state index contributed by atoms with van der Waals surface area (Å²) in [6.07, 6.45) is -2.78. The predicted octanol–water partition coefficient (Wildman–Crippen LogP) is 3.28. The van der Waals surface area contributed by atoms with Gasteiger partial charge in [0.1, 0.15) is 11.5 Å². The minimum absolute atomic E-state index is 0.0787. The van der Waals surface area contributed by atoms with Crippen LogP contribution in [0.5, 0.6) is 5.75 Å². The quantitative estimate of drug-likeness (QED) is 0.898. The molecule has 6 nitrogen and oxygen atoms in total. The summed E-state index contributed by atoms with van der Waals surface area (Å²) in [6.45, 7) is 3.40. The van der Waals surface area contributed by atoms with E-state index >= 15 is 0 Å². The first-order valence-corrected chi connectivity index (χ1v) is 7.73. The largest absolute Gasteiger partial charge is 0.573 e. The van der Waals surface area contributed by atoms with Crippen molar-refractivity contribution in [3.63, 3.8) is 0 Å². The van der Waals surface area contributed by atoms with Crippen LogP contribution in [0.2, 0.25) is 0 Å². The lowest BCUT2D eigenvalue weighted by Gasteiger charge is -2.27. The maximum absolute atomic E-state index is 12.6. The van der Waals surface area contributed by atoms with Gasteiger partial charge in [0.25, 0.3) is 0 Å². The van der Waals surface area contributed by atoms with E-state index < -0.39 is 12.6 Å². The maximum Gasteiger partial charge on any atom is 0.573 e. The molecule has 0 spiro atoms. The van der Waals surface area contributed by atoms with E-state index in [0.717, 1.165) is 0 Å². The Morgan fingerprint density at radius 2 is 2.00 bits per heavy atom. The van der Waals surface area contributed by atoms with Gasteiger partial charge in [-0.3, -0.25) is 5.01 Å². The molecule has 0 saturated carbocycles. The Kier molecular flexibility index (Phi) is 4.73. The Balaban J connectivity index is 1.89. The molecule has 138 valence electrons. The van der Waals surface area contributed by atoms with Crippen LogP contribution in [0.25, 0.3) is 0 Å². The summed E-state index contributed by atoms with van der Waals surface area (Å²) in [5, 5.41) is 19.6. The zero-order chi connectivity index (χ0) is 18.9. The molecule has 2 heterocycles. The molecule has 0 radical (unpaired) electrons. The number of alkyl halides is 3. The third-order valence-corrected chi connectivity index (χ3v) is 3.79. The smallest absolute Gasteiger partial charge is 0.405 e. The van der Waals surface area contributed by atoms with Crippen LogP contribution >= 0.6 is 0 Å². The Morgan fingerprint density at radius 3 is 2.65 bits per heavy atom. The average molecular weight is 367 g/mol. The molecule has 0 bridgehead atoms. The van der Waals surface area contributed by atoms with E-state index in [4.69, 9.17) is 4.52 Å². The van der Waals surface area contributed by atoms with Gasteiger partial charge in [0, 0.05) is 5.56 Å². The molecule has 0 amide bonds. The van der Waals surface area contributed by atoms with Crippen LogP contribution in [-0.4, -0.2) is 33.6 Å². The predicted molar refractivity (Wildman–Crippen MR) is 86.3 cm³/mol. The third kappa shape index (κ3) is 3.88. The highest BCUT2D eigenvalue weighted by Gasteiger charge is 2.32. The van der Waals surface area contributed by atoms with E-state index in [2.05, 4.69) is 15.0 Å². The highest BCUT2D eigenvalue weighted by molar-refractivity contribution is 6.10. The van der Waals surface area contributed by atoms with Crippen molar-refractivity contribution in [1.29, 1.82) is 0 Å². The van der Waals surface area contributed by atoms with Gasteiger partial charge >= 0.3 is 6.36 Å². The number of hydrogen-bond donors (Lipinski definition) is 1. The van der Waals surface area contributed by atoms with Crippen molar-refractivity contribution in [2.75, 3.05) is 0 Å². The van der Waals surface area contributed by atoms with Crippen LogP contribution in [0.1, 0.15) is 22.6 Å².